The Morgan fingerprint density at radius 1 is 1.11 bits per heavy atom. The lowest BCUT2D eigenvalue weighted by molar-refractivity contribution is -0.117. The number of anilines is 1. The van der Waals surface area contributed by atoms with E-state index in [-0.39, 0.29) is 11.9 Å². The number of carbonyl (C=O) groups excluding carboxylic acids is 1. The molecule has 2 N–H and O–H groups in total. The molecule has 1 aliphatic rings. The number of benzene rings is 2. The second-order valence-corrected chi connectivity index (χ2v) is 9.72. The van der Waals surface area contributed by atoms with Gasteiger partial charge in [0.25, 0.3) is 0 Å². The molecule has 1 aliphatic carbocycles. The standard InChI is InChI=1S/C21H23BrN2O3S/c1-28(26,27)24-19-12-5-15(6-13-19)7-14-20(25)23-21(16-3-2-4-16)17-8-10-18(22)11-9-17/h5-14,16,21,24H,2-4H2,1H3,(H,23,25)/b14-7+. The largest absolute Gasteiger partial charge is 0.345 e. The van der Waals surface area contributed by atoms with Crippen LogP contribution in [-0.2, 0) is 14.8 Å². The molecule has 0 aliphatic heterocycles. The molecule has 5 nitrogen and oxygen atoms in total. The molecule has 0 saturated heterocycles. The molecule has 28 heavy (non-hydrogen) atoms. The van der Waals surface area contributed by atoms with E-state index in [0.717, 1.165) is 34.7 Å². The van der Waals surface area contributed by atoms with Gasteiger partial charge in [0.05, 0.1) is 12.3 Å². The maximum absolute atomic E-state index is 12.5. The minimum absolute atomic E-state index is 0.0142. The average molecular weight is 463 g/mol. The Morgan fingerprint density at radius 2 is 1.75 bits per heavy atom. The highest BCUT2D eigenvalue weighted by Crippen LogP contribution is 2.38. The van der Waals surface area contributed by atoms with Crippen molar-refractivity contribution in [2.45, 2.75) is 25.3 Å². The number of hydrogen-bond donors (Lipinski definition) is 2. The van der Waals surface area contributed by atoms with Gasteiger partial charge in [-0.05, 0) is 60.2 Å². The van der Waals surface area contributed by atoms with Gasteiger partial charge in [-0.15, -0.1) is 0 Å². The van der Waals surface area contributed by atoms with Gasteiger partial charge in [0, 0.05) is 16.2 Å². The molecule has 0 spiro atoms. The van der Waals surface area contributed by atoms with Crippen LogP contribution in [0, 0.1) is 5.92 Å². The van der Waals surface area contributed by atoms with Crippen LogP contribution >= 0.6 is 15.9 Å². The first-order chi connectivity index (χ1) is 13.3. The Morgan fingerprint density at radius 3 is 2.29 bits per heavy atom. The van der Waals surface area contributed by atoms with Crippen LogP contribution in [0.1, 0.15) is 36.4 Å². The van der Waals surface area contributed by atoms with Crippen molar-refractivity contribution in [1.82, 2.24) is 5.32 Å². The van der Waals surface area contributed by atoms with Crippen LogP contribution in [-0.4, -0.2) is 20.6 Å². The molecule has 1 fully saturated rings. The summed E-state index contributed by atoms with van der Waals surface area (Å²) in [5, 5.41) is 3.13. The Hall–Kier alpha value is -2.12. The van der Waals surface area contributed by atoms with E-state index in [2.05, 4.69) is 26.0 Å². The number of carbonyl (C=O) groups is 1. The molecular weight excluding hydrogens is 440 g/mol. The normalized spacial score (nSPS) is 15.8. The molecule has 1 unspecified atom stereocenters. The lowest BCUT2D eigenvalue weighted by atomic mass is 9.77. The fourth-order valence-corrected chi connectivity index (χ4v) is 3.99. The Bertz CT molecular complexity index is 950. The van der Waals surface area contributed by atoms with Gasteiger partial charge in [-0.2, -0.15) is 0 Å². The average Bonchev–Trinajstić information content (AvgIpc) is 2.58. The van der Waals surface area contributed by atoms with Gasteiger partial charge in [0.1, 0.15) is 0 Å². The molecular formula is C21H23BrN2O3S. The smallest absolute Gasteiger partial charge is 0.244 e. The van der Waals surface area contributed by atoms with Crippen LogP contribution in [0.25, 0.3) is 6.08 Å². The third kappa shape index (κ3) is 5.94. The molecule has 3 rings (SSSR count). The Labute approximate surface area is 174 Å². The van der Waals surface area contributed by atoms with Crippen LogP contribution in [0.5, 0.6) is 0 Å². The molecule has 2 aromatic carbocycles. The van der Waals surface area contributed by atoms with Crippen molar-refractivity contribution in [3.8, 4) is 0 Å². The monoisotopic (exact) mass is 462 g/mol. The van der Waals surface area contributed by atoms with Crippen molar-refractivity contribution < 1.29 is 13.2 Å². The summed E-state index contributed by atoms with van der Waals surface area (Å²) in [6.45, 7) is 0. The van der Waals surface area contributed by atoms with E-state index in [4.69, 9.17) is 0 Å². The third-order valence-electron chi connectivity index (χ3n) is 4.79. The van der Waals surface area contributed by atoms with Crippen LogP contribution in [0.4, 0.5) is 5.69 Å². The topological polar surface area (TPSA) is 75.3 Å². The number of amides is 1. The molecule has 1 saturated carbocycles. The number of sulfonamides is 1. The van der Waals surface area contributed by atoms with Crippen molar-refractivity contribution in [1.29, 1.82) is 0 Å². The number of nitrogens with one attached hydrogen (secondary N) is 2. The minimum atomic E-state index is -3.30. The third-order valence-corrected chi connectivity index (χ3v) is 5.92. The van der Waals surface area contributed by atoms with Gasteiger partial charge >= 0.3 is 0 Å². The van der Waals surface area contributed by atoms with E-state index in [0.29, 0.717) is 11.6 Å². The Balaban J connectivity index is 1.64. The molecule has 2 aromatic rings. The lowest BCUT2D eigenvalue weighted by Gasteiger charge is -2.34. The molecule has 148 valence electrons. The van der Waals surface area contributed by atoms with Crippen LogP contribution in [0.15, 0.2) is 59.1 Å². The summed E-state index contributed by atoms with van der Waals surface area (Å²) in [6, 6.07) is 14.9. The van der Waals surface area contributed by atoms with E-state index in [1.54, 1.807) is 30.3 Å². The molecule has 0 heterocycles. The molecule has 0 bridgehead atoms. The van der Waals surface area contributed by atoms with Crippen molar-refractivity contribution >= 4 is 43.6 Å². The number of hydrogen-bond acceptors (Lipinski definition) is 3. The zero-order valence-corrected chi connectivity index (χ0v) is 18.0. The van der Waals surface area contributed by atoms with E-state index in [9.17, 15) is 13.2 Å². The first-order valence-corrected chi connectivity index (χ1v) is 11.8. The van der Waals surface area contributed by atoms with Crippen molar-refractivity contribution in [2.24, 2.45) is 5.92 Å². The summed E-state index contributed by atoms with van der Waals surface area (Å²) in [5.41, 5.74) is 2.42. The van der Waals surface area contributed by atoms with Crippen LogP contribution in [0.2, 0.25) is 0 Å². The van der Waals surface area contributed by atoms with Crippen molar-refractivity contribution in [3.63, 3.8) is 0 Å². The summed E-state index contributed by atoms with van der Waals surface area (Å²) in [4.78, 5) is 12.5. The number of halogens is 1. The van der Waals surface area contributed by atoms with Gasteiger partial charge in [0.2, 0.25) is 15.9 Å². The summed E-state index contributed by atoms with van der Waals surface area (Å²) in [7, 11) is -3.30. The quantitative estimate of drug-likeness (QED) is 0.595. The maximum atomic E-state index is 12.5. The van der Waals surface area contributed by atoms with Gasteiger partial charge in [-0.25, -0.2) is 8.42 Å². The molecule has 1 amide bonds. The first kappa shape index (κ1) is 20.6. The highest BCUT2D eigenvalue weighted by Gasteiger charge is 2.29. The van der Waals surface area contributed by atoms with Gasteiger partial charge in [-0.3, -0.25) is 9.52 Å². The minimum Gasteiger partial charge on any atom is -0.345 e. The van der Waals surface area contributed by atoms with Gasteiger partial charge in [0.15, 0.2) is 0 Å². The molecule has 0 aromatic heterocycles. The summed E-state index contributed by atoms with van der Waals surface area (Å²) >= 11 is 3.45. The predicted octanol–water partition coefficient (Wildman–Crippen LogP) is 4.49. The highest BCUT2D eigenvalue weighted by atomic mass is 79.9. The molecule has 1 atom stereocenters. The highest BCUT2D eigenvalue weighted by molar-refractivity contribution is 9.10. The fraction of sp³-hybridized carbons (Fsp3) is 0.286. The first-order valence-electron chi connectivity index (χ1n) is 9.12. The second-order valence-electron chi connectivity index (χ2n) is 7.06. The Kier molecular flexibility index (Phi) is 6.57. The van der Waals surface area contributed by atoms with Gasteiger partial charge < -0.3 is 5.32 Å². The van der Waals surface area contributed by atoms with E-state index >= 15 is 0 Å². The zero-order chi connectivity index (χ0) is 20.1. The van der Waals surface area contributed by atoms with Crippen LogP contribution < -0.4 is 10.0 Å². The van der Waals surface area contributed by atoms with Crippen LogP contribution in [0.3, 0.4) is 0 Å². The zero-order valence-electron chi connectivity index (χ0n) is 15.6. The van der Waals surface area contributed by atoms with E-state index < -0.39 is 10.0 Å². The van der Waals surface area contributed by atoms with Crippen molar-refractivity contribution in [3.05, 3.63) is 70.2 Å². The van der Waals surface area contributed by atoms with E-state index in [1.165, 1.54) is 12.5 Å². The van der Waals surface area contributed by atoms with Gasteiger partial charge in [-0.1, -0.05) is 46.6 Å². The summed E-state index contributed by atoms with van der Waals surface area (Å²) in [5.74, 6) is 0.332. The maximum Gasteiger partial charge on any atom is 0.244 e. The second kappa shape index (κ2) is 8.92. The number of rotatable bonds is 7. The molecule has 7 heteroatoms. The summed E-state index contributed by atoms with van der Waals surface area (Å²) in [6.07, 6.45) is 7.80. The predicted molar refractivity (Wildman–Crippen MR) is 116 cm³/mol. The SMILES string of the molecule is CS(=O)(=O)Nc1ccc(/C=C/C(=O)NC(c2ccc(Br)cc2)C2CCC2)cc1. The summed E-state index contributed by atoms with van der Waals surface area (Å²) < 4.78 is 25.9. The van der Waals surface area contributed by atoms with E-state index in [1.807, 2.05) is 24.3 Å². The fourth-order valence-electron chi connectivity index (χ4n) is 3.17. The molecule has 0 radical (unpaired) electrons. The van der Waals surface area contributed by atoms with Crippen molar-refractivity contribution in [2.75, 3.05) is 11.0 Å². The lowest BCUT2D eigenvalue weighted by Crippen LogP contribution is -2.35.